The second kappa shape index (κ2) is 3.51. The van der Waals surface area contributed by atoms with E-state index in [2.05, 4.69) is 4.90 Å². The van der Waals surface area contributed by atoms with Crippen LogP contribution in [0.4, 0.5) is 0 Å². The third kappa shape index (κ3) is 1.77. The molecular formula is C10H17NO3. The molecule has 2 fully saturated rings. The number of aliphatic hydroxyl groups is 1. The normalized spacial score (nSPS) is 33.3. The lowest BCUT2D eigenvalue weighted by molar-refractivity contribution is -0.163. The number of esters is 1. The van der Waals surface area contributed by atoms with Gasteiger partial charge in [0.2, 0.25) is 0 Å². The number of hydrogen-bond acceptors (Lipinski definition) is 4. The summed E-state index contributed by atoms with van der Waals surface area (Å²) in [6.07, 6.45) is 2.93. The van der Waals surface area contributed by atoms with Crippen LogP contribution in [0.25, 0.3) is 0 Å². The number of likely N-dealkylation sites (tertiary alicyclic amines) is 1. The van der Waals surface area contributed by atoms with Crippen molar-refractivity contribution in [3.05, 3.63) is 0 Å². The quantitative estimate of drug-likeness (QED) is 0.657. The van der Waals surface area contributed by atoms with E-state index in [-0.39, 0.29) is 0 Å². The third-order valence-electron chi connectivity index (χ3n) is 3.00. The predicted octanol–water partition coefficient (Wildman–Crippen LogP) is 0.149. The molecule has 14 heavy (non-hydrogen) atoms. The van der Waals surface area contributed by atoms with Gasteiger partial charge in [-0.1, -0.05) is 0 Å². The average molecular weight is 199 g/mol. The number of nitrogens with zero attached hydrogens (tertiary/aromatic N) is 1. The molecule has 1 heterocycles. The van der Waals surface area contributed by atoms with Crippen LogP contribution < -0.4 is 0 Å². The molecule has 2 aliphatic rings. The van der Waals surface area contributed by atoms with E-state index in [1.165, 1.54) is 12.8 Å². The van der Waals surface area contributed by atoms with Crippen LogP contribution in [0.5, 0.6) is 0 Å². The van der Waals surface area contributed by atoms with E-state index in [1.807, 2.05) is 0 Å². The Hall–Kier alpha value is -0.610. The van der Waals surface area contributed by atoms with Gasteiger partial charge in [-0.3, -0.25) is 4.90 Å². The molecule has 1 aliphatic carbocycles. The van der Waals surface area contributed by atoms with Gasteiger partial charge in [-0.25, -0.2) is 4.79 Å². The fourth-order valence-electron chi connectivity index (χ4n) is 2.01. The molecule has 0 spiro atoms. The lowest BCUT2D eigenvalue weighted by Crippen LogP contribution is -2.43. The number of β-amino-alcohol motifs (C(OH)–C–C–N with tert-alkyl or cyclic N) is 1. The molecule has 4 heteroatoms. The van der Waals surface area contributed by atoms with Gasteiger partial charge < -0.3 is 9.84 Å². The Bertz CT molecular complexity index is 240. The first-order valence-electron chi connectivity index (χ1n) is 5.29. The minimum absolute atomic E-state index is 0.338. The van der Waals surface area contributed by atoms with E-state index in [0.717, 1.165) is 6.54 Å². The molecule has 0 bridgehead atoms. The zero-order chi connectivity index (χ0) is 10.2. The smallest absolute Gasteiger partial charge is 0.339 e. The zero-order valence-electron chi connectivity index (χ0n) is 8.53. The molecule has 0 aromatic heterocycles. The molecule has 0 radical (unpaired) electrons. The van der Waals surface area contributed by atoms with E-state index in [1.54, 1.807) is 6.92 Å². The maximum atomic E-state index is 11.5. The van der Waals surface area contributed by atoms with Crippen molar-refractivity contribution in [2.75, 3.05) is 19.7 Å². The molecule has 1 unspecified atom stereocenters. The van der Waals surface area contributed by atoms with Crippen molar-refractivity contribution in [2.45, 2.75) is 37.8 Å². The molecule has 0 aromatic rings. The summed E-state index contributed by atoms with van der Waals surface area (Å²) in [5, 5.41) is 10.0. The molecule has 1 N–H and O–H groups in total. The van der Waals surface area contributed by atoms with Crippen LogP contribution in [0.3, 0.4) is 0 Å². The first kappa shape index (κ1) is 9.93. The lowest BCUT2D eigenvalue weighted by Gasteiger charge is -2.21. The highest BCUT2D eigenvalue weighted by Gasteiger charge is 2.47. The molecule has 2 rings (SSSR count). The monoisotopic (exact) mass is 199 g/mol. The summed E-state index contributed by atoms with van der Waals surface area (Å²) in [5.41, 5.74) is -1.24. The van der Waals surface area contributed by atoms with Gasteiger partial charge in [-0.05, 0) is 19.8 Å². The van der Waals surface area contributed by atoms with E-state index in [9.17, 15) is 9.90 Å². The molecule has 1 atom stereocenters. The molecule has 4 nitrogen and oxygen atoms in total. The van der Waals surface area contributed by atoms with Crippen molar-refractivity contribution >= 4 is 5.97 Å². The van der Waals surface area contributed by atoms with Gasteiger partial charge in [0.05, 0.1) is 6.61 Å². The summed E-state index contributed by atoms with van der Waals surface area (Å²) in [6.45, 7) is 3.37. The van der Waals surface area contributed by atoms with Crippen LogP contribution in [0, 0.1) is 0 Å². The van der Waals surface area contributed by atoms with Crippen LogP contribution in [-0.4, -0.2) is 47.3 Å². The maximum Gasteiger partial charge on any atom is 0.339 e. The molecule has 1 saturated heterocycles. The molecule has 0 aromatic carbocycles. The van der Waals surface area contributed by atoms with Crippen molar-refractivity contribution in [3.8, 4) is 0 Å². The van der Waals surface area contributed by atoms with Gasteiger partial charge in [-0.15, -0.1) is 0 Å². The highest BCUT2D eigenvalue weighted by molar-refractivity contribution is 5.80. The fraction of sp³-hybridized carbons (Fsp3) is 0.900. The van der Waals surface area contributed by atoms with Crippen molar-refractivity contribution in [1.29, 1.82) is 0 Å². The van der Waals surface area contributed by atoms with E-state index < -0.39 is 11.6 Å². The van der Waals surface area contributed by atoms with Crippen molar-refractivity contribution in [2.24, 2.45) is 0 Å². The Morgan fingerprint density at radius 3 is 2.93 bits per heavy atom. The Labute approximate surface area is 83.8 Å². The topological polar surface area (TPSA) is 49.8 Å². The second-order valence-electron chi connectivity index (χ2n) is 4.20. The highest BCUT2D eigenvalue weighted by Crippen LogP contribution is 2.33. The Kier molecular flexibility index (Phi) is 2.49. The third-order valence-corrected chi connectivity index (χ3v) is 3.00. The summed E-state index contributed by atoms with van der Waals surface area (Å²) < 4.78 is 4.86. The highest BCUT2D eigenvalue weighted by atomic mass is 16.5. The number of hydrogen-bond donors (Lipinski definition) is 1. The Balaban J connectivity index is 1.93. The summed E-state index contributed by atoms with van der Waals surface area (Å²) >= 11 is 0. The fourth-order valence-corrected chi connectivity index (χ4v) is 2.01. The number of rotatable bonds is 3. The number of ether oxygens (including phenoxy) is 1. The zero-order valence-corrected chi connectivity index (χ0v) is 8.53. The molecular weight excluding hydrogens is 182 g/mol. The van der Waals surface area contributed by atoms with Crippen LogP contribution in [0.2, 0.25) is 0 Å². The van der Waals surface area contributed by atoms with E-state index in [0.29, 0.717) is 25.6 Å². The van der Waals surface area contributed by atoms with Gasteiger partial charge in [-0.2, -0.15) is 0 Å². The van der Waals surface area contributed by atoms with Crippen LogP contribution in [-0.2, 0) is 9.53 Å². The Morgan fingerprint density at radius 2 is 2.36 bits per heavy atom. The van der Waals surface area contributed by atoms with Crippen molar-refractivity contribution < 1.29 is 14.6 Å². The van der Waals surface area contributed by atoms with Crippen molar-refractivity contribution in [1.82, 2.24) is 4.90 Å². The summed E-state index contributed by atoms with van der Waals surface area (Å²) in [6, 6.07) is 0.610. The SMILES string of the molecule is CCOC(=O)C1(O)CCN(C2CC2)C1. The van der Waals surface area contributed by atoms with E-state index >= 15 is 0 Å². The van der Waals surface area contributed by atoms with Gasteiger partial charge >= 0.3 is 5.97 Å². The summed E-state index contributed by atoms with van der Waals surface area (Å²) in [4.78, 5) is 13.6. The second-order valence-corrected chi connectivity index (χ2v) is 4.20. The molecule has 0 amide bonds. The summed E-state index contributed by atoms with van der Waals surface area (Å²) in [7, 11) is 0. The lowest BCUT2D eigenvalue weighted by atomic mass is 10.0. The molecule has 1 saturated carbocycles. The predicted molar refractivity (Wildman–Crippen MR) is 50.8 cm³/mol. The Morgan fingerprint density at radius 1 is 1.64 bits per heavy atom. The first-order valence-corrected chi connectivity index (χ1v) is 5.29. The summed E-state index contributed by atoms with van der Waals surface area (Å²) in [5.74, 6) is -0.455. The molecule has 80 valence electrons. The van der Waals surface area contributed by atoms with Gasteiger partial charge in [0.1, 0.15) is 0 Å². The van der Waals surface area contributed by atoms with Gasteiger partial charge in [0, 0.05) is 25.6 Å². The largest absolute Gasteiger partial charge is 0.464 e. The maximum absolute atomic E-state index is 11.5. The minimum atomic E-state index is -1.24. The van der Waals surface area contributed by atoms with E-state index in [4.69, 9.17) is 4.74 Å². The van der Waals surface area contributed by atoms with Crippen LogP contribution >= 0.6 is 0 Å². The standard InChI is InChI=1S/C10H17NO3/c1-2-14-9(12)10(13)5-6-11(7-10)8-3-4-8/h8,13H,2-7H2,1H3. The number of carbonyl (C=O) groups excluding carboxylic acids is 1. The van der Waals surface area contributed by atoms with Gasteiger partial charge in [0.25, 0.3) is 0 Å². The average Bonchev–Trinajstić information content (AvgIpc) is 2.91. The minimum Gasteiger partial charge on any atom is -0.464 e. The van der Waals surface area contributed by atoms with Crippen molar-refractivity contribution in [3.63, 3.8) is 0 Å². The van der Waals surface area contributed by atoms with Crippen LogP contribution in [0.15, 0.2) is 0 Å². The molecule has 1 aliphatic heterocycles. The number of carbonyl (C=O) groups is 1. The first-order chi connectivity index (χ1) is 6.65. The van der Waals surface area contributed by atoms with Gasteiger partial charge in [0.15, 0.2) is 5.60 Å². The van der Waals surface area contributed by atoms with Crippen LogP contribution in [0.1, 0.15) is 26.2 Å².